The van der Waals surface area contributed by atoms with Crippen LogP contribution in [0.5, 0.6) is 0 Å². The van der Waals surface area contributed by atoms with Crippen LogP contribution in [0, 0.1) is 11.3 Å². The van der Waals surface area contributed by atoms with Crippen molar-refractivity contribution in [1.82, 2.24) is 36.8 Å². The number of nitrogens with one attached hydrogen (secondary N) is 6. The van der Waals surface area contributed by atoms with E-state index in [0.717, 1.165) is 16.7 Å². The highest BCUT2D eigenvalue weighted by Gasteiger charge is 2.60. The minimum atomic E-state index is -1.18. The molecule has 5 atom stereocenters. The summed E-state index contributed by atoms with van der Waals surface area (Å²) in [5, 5.41) is 17.9. The molecule has 2 fully saturated rings. The van der Waals surface area contributed by atoms with Crippen LogP contribution in [0.2, 0.25) is 0 Å². The molecule has 1 heterocycles. The standard InChI is InChI=1S/C58H83N7O10/c1-39(2)34-45(61-49(67)46(35-41-22-14-11-15-23-41)62-50(68)47(36-42-24-16-12-17-25-42)63-54(72)75-56(7,8)9)48(66)60-44(28-20-21-31-59-53(71)74-55(4,5)6)51(69)65-32-29-57(30-33-65)37-58(38-57,52(70)73-10)64-40(3)43-26-18-13-19-27-43/h11-19,22-27,39-40,44-47,64H,20-21,28-38H2,1-10H3,(H,59,71)(H,60,66)(H,61,67)(H,62,68)(H,63,72)/t40-,44+,45+,46+,47+/m0/s1. The lowest BCUT2D eigenvalue weighted by Crippen LogP contribution is -2.68. The summed E-state index contributed by atoms with van der Waals surface area (Å²) < 4.78 is 16.2. The predicted molar refractivity (Wildman–Crippen MR) is 287 cm³/mol. The average molecular weight is 1040 g/mol. The Morgan fingerprint density at radius 1 is 0.600 bits per heavy atom. The second-order valence-corrected chi connectivity index (χ2v) is 22.8. The van der Waals surface area contributed by atoms with Gasteiger partial charge in [-0.3, -0.25) is 29.3 Å². The summed E-state index contributed by atoms with van der Waals surface area (Å²) in [4.78, 5) is 98.7. The monoisotopic (exact) mass is 1040 g/mol. The number of ether oxygens (including phenoxy) is 3. The number of carbonyl (C=O) groups excluding carboxylic acids is 7. The first-order valence-corrected chi connectivity index (χ1v) is 26.5. The number of nitrogens with zero attached hydrogens (tertiary/aromatic N) is 1. The zero-order valence-corrected chi connectivity index (χ0v) is 45.8. The summed E-state index contributed by atoms with van der Waals surface area (Å²) in [6, 6.07) is 23.7. The molecule has 0 aromatic heterocycles. The summed E-state index contributed by atoms with van der Waals surface area (Å²) in [6.45, 7) is 17.5. The quantitative estimate of drug-likeness (QED) is 0.0316. The summed E-state index contributed by atoms with van der Waals surface area (Å²) in [6.07, 6.45) is 2.67. The van der Waals surface area contributed by atoms with Crippen molar-refractivity contribution in [2.45, 2.75) is 173 Å². The zero-order chi connectivity index (χ0) is 55.0. The molecule has 17 heteroatoms. The lowest BCUT2D eigenvalue weighted by molar-refractivity contribution is -0.166. The number of carbonyl (C=O) groups is 7. The molecule has 0 radical (unpaired) electrons. The maximum absolute atomic E-state index is 14.7. The maximum Gasteiger partial charge on any atom is 0.408 e. The van der Waals surface area contributed by atoms with Crippen molar-refractivity contribution in [2.24, 2.45) is 11.3 Å². The summed E-state index contributed by atoms with van der Waals surface area (Å²) >= 11 is 0. The second-order valence-electron chi connectivity index (χ2n) is 22.8. The molecular formula is C58H83N7O10. The van der Waals surface area contributed by atoms with Crippen LogP contribution in [0.3, 0.4) is 0 Å². The van der Waals surface area contributed by atoms with Gasteiger partial charge < -0.3 is 45.7 Å². The van der Waals surface area contributed by atoms with E-state index in [2.05, 4.69) is 31.9 Å². The first-order valence-electron chi connectivity index (χ1n) is 26.5. The molecule has 1 saturated heterocycles. The van der Waals surface area contributed by atoms with Crippen LogP contribution in [0.25, 0.3) is 0 Å². The fraction of sp³-hybridized carbons (Fsp3) is 0.569. The van der Waals surface area contributed by atoms with Crippen molar-refractivity contribution < 1.29 is 47.8 Å². The molecule has 17 nitrogen and oxygen atoms in total. The van der Waals surface area contributed by atoms with Crippen molar-refractivity contribution in [3.05, 3.63) is 108 Å². The third-order valence-electron chi connectivity index (χ3n) is 13.6. The summed E-state index contributed by atoms with van der Waals surface area (Å²) in [7, 11) is 1.41. The number of piperidine rings is 1. The first-order chi connectivity index (χ1) is 35.4. The summed E-state index contributed by atoms with van der Waals surface area (Å²) in [5.74, 6) is -2.47. The topological polar surface area (TPSA) is 223 Å². The molecule has 3 aromatic rings. The Morgan fingerprint density at radius 3 is 1.57 bits per heavy atom. The van der Waals surface area contributed by atoms with Crippen molar-refractivity contribution in [2.75, 3.05) is 26.7 Å². The van der Waals surface area contributed by atoms with Gasteiger partial charge in [-0.05, 0) is 128 Å². The minimum absolute atomic E-state index is 0.0662. The van der Waals surface area contributed by atoms with Gasteiger partial charge in [0.15, 0.2) is 0 Å². The van der Waals surface area contributed by atoms with Gasteiger partial charge >= 0.3 is 18.2 Å². The van der Waals surface area contributed by atoms with Crippen molar-refractivity contribution in [3.63, 3.8) is 0 Å². The van der Waals surface area contributed by atoms with E-state index in [1.165, 1.54) is 7.11 Å². The van der Waals surface area contributed by atoms with Crippen LogP contribution in [-0.2, 0) is 51.0 Å². The molecule has 0 unspecified atom stereocenters. The van der Waals surface area contributed by atoms with Gasteiger partial charge in [0.2, 0.25) is 23.6 Å². The number of esters is 1. The molecule has 0 bridgehead atoms. The zero-order valence-electron chi connectivity index (χ0n) is 45.8. The fourth-order valence-electron chi connectivity index (χ4n) is 10.1. The molecule has 6 amide bonds. The Labute approximate surface area is 444 Å². The van der Waals surface area contributed by atoms with Crippen LogP contribution in [0.4, 0.5) is 9.59 Å². The molecule has 1 aliphatic carbocycles. The predicted octanol–water partition coefficient (Wildman–Crippen LogP) is 7.23. The fourth-order valence-corrected chi connectivity index (χ4v) is 10.1. The van der Waals surface area contributed by atoms with E-state index in [-0.39, 0.29) is 61.5 Å². The number of rotatable bonds is 23. The molecule has 75 heavy (non-hydrogen) atoms. The van der Waals surface area contributed by atoms with Crippen LogP contribution < -0.4 is 31.9 Å². The first kappa shape index (κ1) is 59.4. The minimum Gasteiger partial charge on any atom is -0.468 e. The van der Waals surface area contributed by atoms with Gasteiger partial charge in [-0.2, -0.15) is 0 Å². The molecule has 410 valence electrons. The lowest BCUT2D eigenvalue weighted by atomic mass is 9.53. The van der Waals surface area contributed by atoms with Crippen molar-refractivity contribution in [3.8, 4) is 0 Å². The summed E-state index contributed by atoms with van der Waals surface area (Å²) in [5.41, 5.74) is 0.0102. The van der Waals surface area contributed by atoms with Crippen LogP contribution in [-0.4, -0.2) is 114 Å². The highest BCUT2D eigenvalue weighted by atomic mass is 16.6. The number of alkyl carbamates (subject to hydrolysis) is 2. The number of unbranched alkanes of at least 4 members (excludes halogenated alkanes) is 1. The normalized spacial score (nSPS) is 16.9. The van der Waals surface area contributed by atoms with E-state index < -0.39 is 70.8 Å². The van der Waals surface area contributed by atoms with E-state index in [1.54, 1.807) is 46.4 Å². The van der Waals surface area contributed by atoms with Gasteiger partial charge in [0.1, 0.15) is 40.9 Å². The van der Waals surface area contributed by atoms with E-state index in [9.17, 15) is 33.6 Å². The van der Waals surface area contributed by atoms with E-state index >= 15 is 0 Å². The molecular weight excluding hydrogens is 955 g/mol. The largest absolute Gasteiger partial charge is 0.468 e. The average Bonchev–Trinajstić information content (AvgIpc) is 3.34. The number of benzene rings is 3. The molecule has 1 spiro atoms. The van der Waals surface area contributed by atoms with Crippen molar-refractivity contribution in [1.29, 1.82) is 0 Å². The number of hydrogen-bond acceptors (Lipinski definition) is 11. The highest BCUT2D eigenvalue weighted by Crippen LogP contribution is 2.56. The van der Waals surface area contributed by atoms with Crippen LogP contribution in [0.15, 0.2) is 91.0 Å². The highest BCUT2D eigenvalue weighted by molar-refractivity contribution is 5.95. The van der Waals surface area contributed by atoms with Gasteiger partial charge in [0.05, 0.1) is 7.11 Å². The van der Waals surface area contributed by atoms with Gasteiger partial charge in [0, 0.05) is 38.5 Å². The Bertz CT molecular complexity index is 2350. The molecule has 1 aliphatic heterocycles. The molecule has 5 rings (SSSR count). The van der Waals surface area contributed by atoms with Crippen LogP contribution in [0.1, 0.15) is 136 Å². The van der Waals surface area contributed by atoms with Crippen molar-refractivity contribution >= 4 is 41.8 Å². The van der Waals surface area contributed by atoms with E-state index in [4.69, 9.17) is 14.2 Å². The SMILES string of the molecule is COC(=O)C1(N[C@@H](C)c2ccccc2)CC2(CCN(C(=O)[C@@H](CCCCNC(=O)OC(C)(C)C)NC(=O)[C@@H](CC(C)C)NC(=O)[C@@H](Cc3ccccc3)NC(=O)[C@@H](Cc3ccccc3)NC(=O)OC(C)(C)C)CC2)C1. The van der Waals surface area contributed by atoms with Gasteiger partial charge in [-0.15, -0.1) is 0 Å². The van der Waals surface area contributed by atoms with Gasteiger partial charge in [-0.25, -0.2) is 9.59 Å². The Morgan fingerprint density at radius 2 is 1.07 bits per heavy atom. The third-order valence-corrected chi connectivity index (χ3v) is 13.6. The lowest BCUT2D eigenvalue weighted by Gasteiger charge is -2.58. The smallest absolute Gasteiger partial charge is 0.408 e. The Balaban J connectivity index is 1.33. The number of amides is 6. The second kappa shape index (κ2) is 26.8. The molecule has 2 aliphatic rings. The number of methoxy groups -OCH3 is 1. The van der Waals surface area contributed by atoms with Gasteiger partial charge in [0.25, 0.3) is 0 Å². The molecule has 6 N–H and O–H groups in total. The molecule has 3 aromatic carbocycles. The maximum atomic E-state index is 14.7. The molecule has 1 saturated carbocycles. The van der Waals surface area contributed by atoms with E-state index in [0.29, 0.717) is 51.6 Å². The Hall–Kier alpha value is -6.49. The Kier molecular flexibility index (Phi) is 21.2. The third kappa shape index (κ3) is 18.7. The van der Waals surface area contributed by atoms with E-state index in [1.807, 2.05) is 112 Å². The number of hydrogen-bond donors (Lipinski definition) is 6. The van der Waals surface area contributed by atoms with Gasteiger partial charge in [-0.1, -0.05) is 105 Å². The number of likely N-dealkylation sites (tertiary alicyclic amines) is 1. The van der Waals surface area contributed by atoms with Crippen LogP contribution >= 0.6 is 0 Å².